The smallest absolute Gasteiger partial charge is 0.306 e. The molecule has 194 valence electrons. The van der Waals surface area contributed by atoms with Crippen LogP contribution in [0.25, 0.3) is 0 Å². The van der Waals surface area contributed by atoms with E-state index in [1.54, 1.807) is 0 Å². The SMILES string of the molecule is O=C(O)CCCCCCCCCCCCCCCCCC(CCCCCCC(=O)O)C(=O)O. The third-order valence-electron chi connectivity index (χ3n) is 6.49. The van der Waals surface area contributed by atoms with Gasteiger partial charge >= 0.3 is 17.9 Å². The first kappa shape index (κ1) is 31.4. The normalized spacial score (nSPS) is 12.0. The summed E-state index contributed by atoms with van der Waals surface area (Å²) in [7, 11) is 0. The summed E-state index contributed by atoms with van der Waals surface area (Å²) in [6.45, 7) is 0. The minimum atomic E-state index is -0.756. The van der Waals surface area contributed by atoms with Gasteiger partial charge in [0.05, 0.1) is 5.92 Å². The molecule has 1 atom stereocenters. The maximum atomic E-state index is 11.4. The van der Waals surface area contributed by atoms with Crippen molar-refractivity contribution in [2.24, 2.45) is 5.92 Å². The van der Waals surface area contributed by atoms with Crippen molar-refractivity contribution >= 4 is 17.9 Å². The van der Waals surface area contributed by atoms with Gasteiger partial charge in [0.15, 0.2) is 0 Å². The lowest BCUT2D eigenvalue weighted by atomic mass is 9.94. The van der Waals surface area contributed by atoms with Crippen LogP contribution in [0.2, 0.25) is 0 Å². The number of carboxylic acids is 3. The highest BCUT2D eigenvalue weighted by atomic mass is 16.4. The fourth-order valence-electron chi connectivity index (χ4n) is 4.38. The molecular weight excluding hydrogens is 420 g/mol. The molecule has 0 amide bonds. The molecule has 0 aromatic rings. The summed E-state index contributed by atoms with van der Waals surface area (Å²) in [6, 6.07) is 0. The van der Waals surface area contributed by atoms with Crippen LogP contribution in [0, 0.1) is 5.92 Å². The second-order valence-corrected chi connectivity index (χ2v) is 9.62. The van der Waals surface area contributed by atoms with E-state index in [2.05, 4.69) is 0 Å². The first-order valence-electron chi connectivity index (χ1n) is 13.6. The van der Waals surface area contributed by atoms with E-state index in [1.807, 2.05) is 0 Å². The number of carboxylic acid groups (broad SMARTS) is 3. The Balaban J connectivity index is 3.38. The number of unbranched alkanes of at least 4 members (excludes halogenated alkanes) is 17. The van der Waals surface area contributed by atoms with Crippen molar-refractivity contribution < 1.29 is 29.7 Å². The Hall–Kier alpha value is -1.59. The summed E-state index contributed by atoms with van der Waals surface area (Å²) < 4.78 is 0. The first-order valence-corrected chi connectivity index (χ1v) is 13.6. The highest BCUT2D eigenvalue weighted by Crippen LogP contribution is 2.20. The number of hydrogen-bond acceptors (Lipinski definition) is 3. The van der Waals surface area contributed by atoms with Crippen LogP contribution in [0.5, 0.6) is 0 Å². The summed E-state index contributed by atoms with van der Waals surface area (Å²) in [6.07, 6.45) is 23.2. The van der Waals surface area contributed by atoms with Gasteiger partial charge in [-0.1, -0.05) is 109 Å². The average molecular weight is 471 g/mol. The number of rotatable bonds is 26. The van der Waals surface area contributed by atoms with E-state index in [9.17, 15) is 19.5 Å². The second-order valence-electron chi connectivity index (χ2n) is 9.62. The lowest BCUT2D eigenvalue weighted by Crippen LogP contribution is -2.13. The fraction of sp³-hybridized carbons (Fsp3) is 0.889. The van der Waals surface area contributed by atoms with Crippen molar-refractivity contribution in [1.29, 1.82) is 0 Å². The Morgan fingerprint density at radius 3 is 0.879 bits per heavy atom. The van der Waals surface area contributed by atoms with Gasteiger partial charge in [0, 0.05) is 12.8 Å². The molecule has 6 nitrogen and oxygen atoms in total. The van der Waals surface area contributed by atoms with Gasteiger partial charge < -0.3 is 15.3 Å². The summed E-state index contributed by atoms with van der Waals surface area (Å²) in [5, 5.41) is 26.6. The van der Waals surface area contributed by atoms with Gasteiger partial charge in [-0.05, 0) is 25.7 Å². The van der Waals surface area contributed by atoms with E-state index in [0.717, 1.165) is 57.8 Å². The van der Waals surface area contributed by atoms with Crippen LogP contribution in [-0.4, -0.2) is 33.2 Å². The van der Waals surface area contributed by atoms with Crippen molar-refractivity contribution in [1.82, 2.24) is 0 Å². The van der Waals surface area contributed by atoms with Crippen molar-refractivity contribution in [2.45, 2.75) is 148 Å². The quantitative estimate of drug-likeness (QED) is 0.111. The molecule has 0 saturated carbocycles. The van der Waals surface area contributed by atoms with Crippen molar-refractivity contribution in [3.8, 4) is 0 Å². The van der Waals surface area contributed by atoms with Crippen molar-refractivity contribution in [3.63, 3.8) is 0 Å². The van der Waals surface area contributed by atoms with Crippen LogP contribution in [0.3, 0.4) is 0 Å². The molecule has 0 aliphatic rings. The molecule has 0 heterocycles. The maximum Gasteiger partial charge on any atom is 0.306 e. The molecule has 0 saturated heterocycles. The molecule has 3 N–H and O–H groups in total. The van der Waals surface area contributed by atoms with Gasteiger partial charge in [-0.2, -0.15) is 0 Å². The Morgan fingerprint density at radius 2 is 0.636 bits per heavy atom. The molecule has 0 spiro atoms. The van der Waals surface area contributed by atoms with Crippen molar-refractivity contribution in [3.05, 3.63) is 0 Å². The average Bonchev–Trinajstić information content (AvgIpc) is 2.76. The van der Waals surface area contributed by atoms with Crippen LogP contribution in [0.15, 0.2) is 0 Å². The van der Waals surface area contributed by atoms with Gasteiger partial charge in [-0.25, -0.2) is 0 Å². The number of carbonyl (C=O) groups is 3. The lowest BCUT2D eigenvalue weighted by Gasteiger charge is -2.12. The van der Waals surface area contributed by atoms with E-state index in [-0.39, 0.29) is 12.3 Å². The minimum absolute atomic E-state index is 0.210. The van der Waals surface area contributed by atoms with Gasteiger partial charge in [-0.3, -0.25) is 14.4 Å². The Labute approximate surface area is 201 Å². The van der Waals surface area contributed by atoms with Crippen LogP contribution in [0.4, 0.5) is 0 Å². The maximum absolute atomic E-state index is 11.4. The fourth-order valence-corrected chi connectivity index (χ4v) is 4.38. The Kier molecular flexibility index (Phi) is 22.4. The summed E-state index contributed by atoms with van der Waals surface area (Å²) in [5.74, 6) is -2.36. The van der Waals surface area contributed by atoms with Gasteiger partial charge in [-0.15, -0.1) is 0 Å². The molecule has 0 aromatic carbocycles. The van der Waals surface area contributed by atoms with Crippen molar-refractivity contribution in [2.75, 3.05) is 0 Å². The molecule has 0 aromatic heterocycles. The highest BCUT2D eigenvalue weighted by molar-refractivity contribution is 5.69. The molecule has 0 bridgehead atoms. The van der Waals surface area contributed by atoms with Gasteiger partial charge in [0.2, 0.25) is 0 Å². The van der Waals surface area contributed by atoms with Crippen LogP contribution in [0.1, 0.15) is 148 Å². The number of aliphatic carboxylic acids is 3. The minimum Gasteiger partial charge on any atom is -0.481 e. The summed E-state index contributed by atoms with van der Waals surface area (Å²) >= 11 is 0. The van der Waals surface area contributed by atoms with E-state index >= 15 is 0 Å². The Bertz CT molecular complexity index is 491. The number of hydrogen-bond donors (Lipinski definition) is 3. The third kappa shape index (κ3) is 24.9. The van der Waals surface area contributed by atoms with Crippen LogP contribution >= 0.6 is 0 Å². The van der Waals surface area contributed by atoms with Crippen LogP contribution < -0.4 is 0 Å². The second kappa shape index (κ2) is 23.6. The monoisotopic (exact) mass is 470 g/mol. The molecule has 6 heteroatoms. The van der Waals surface area contributed by atoms with E-state index in [4.69, 9.17) is 10.2 Å². The largest absolute Gasteiger partial charge is 0.481 e. The predicted octanol–water partition coefficient (Wildman–Crippen LogP) is 7.83. The summed E-state index contributed by atoms with van der Waals surface area (Å²) in [4.78, 5) is 32.3. The molecule has 0 aliphatic heterocycles. The summed E-state index contributed by atoms with van der Waals surface area (Å²) in [5.41, 5.74) is 0. The zero-order chi connectivity index (χ0) is 24.6. The van der Waals surface area contributed by atoms with E-state index < -0.39 is 17.9 Å². The third-order valence-corrected chi connectivity index (χ3v) is 6.49. The molecule has 0 radical (unpaired) electrons. The first-order chi connectivity index (χ1) is 15.9. The van der Waals surface area contributed by atoms with E-state index in [1.165, 1.54) is 64.2 Å². The molecule has 0 aliphatic carbocycles. The van der Waals surface area contributed by atoms with E-state index in [0.29, 0.717) is 19.3 Å². The zero-order valence-electron chi connectivity index (χ0n) is 20.9. The zero-order valence-corrected chi connectivity index (χ0v) is 20.9. The lowest BCUT2D eigenvalue weighted by molar-refractivity contribution is -0.142. The van der Waals surface area contributed by atoms with Crippen LogP contribution in [-0.2, 0) is 14.4 Å². The van der Waals surface area contributed by atoms with Gasteiger partial charge in [0.25, 0.3) is 0 Å². The van der Waals surface area contributed by atoms with Gasteiger partial charge in [0.1, 0.15) is 0 Å². The molecule has 0 rings (SSSR count). The topological polar surface area (TPSA) is 112 Å². The predicted molar refractivity (Wildman–Crippen MR) is 133 cm³/mol. The molecule has 0 fully saturated rings. The molecular formula is C27H50O6. The highest BCUT2D eigenvalue weighted by Gasteiger charge is 2.16. The molecule has 33 heavy (non-hydrogen) atoms. The Morgan fingerprint density at radius 1 is 0.394 bits per heavy atom. The molecule has 1 unspecified atom stereocenters. The standard InChI is InChI=1S/C27H50O6/c28-25(29)22-18-13-11-9-7-5-3-1-2-4-6-8-10-12-16-20-24(27(32)33)21-17-14-15-19-23-26(30)31/h24H,1-23H2,(H,28,29)(H,30,31)(H,32,33).